The number of pyridine rings is 1. The van der Waals surface area contributed by atoms with Crippen LogP contribution < -0.4 is 5.32 Å². The standard InChI is InChI=1S/C18H13FN2O3/c1-24-18(23)12-7-8-13(14(19)10-12)17(22)21-15-6-2-4-11-5-3-9-20-16(11)15/h2-10H,1H3,(H,21,22). The van der Waals surface area contributed by atoms with Gasteiger partial charge in [0.1, 0.15) is 5.82 Å². The van der Waals surface area contributed by atoms with E-state index in [1.54, 1.807) is 24.4 Å². The van der Waals surface area contributed by atoms with E-state index >= 15 is 0 Å². The molecule has 0 unspecified atom stereocenters. The predicted octanol–water partition coefficient (Wildman–Crippen LogP) is 3.41. The molecule has 0 radical (unpaired) electrons. The normalized spacial score (nSPS) is 10.4. The maximum atomic E-state index is 14.1. The van der Waals surface area contributed by atoms with E-state index in [1.165, 1.54) is 19.2 Å². The fraction of sp³-hybridized carbons (Fsp3) is 0.0556. The first kappa shape index (κ1) is 15.6. The highest BCUT2D eigenvalue weighted by molar-refractivity contribution is 6.08. The molecular formula is C18H13FN2O3. The number of para-hydroxylation sites is 1. The molecule has 0 aliphatic heterocycles. The minimum absolute atomic E-state index is 0.0402. The van der Waals surface area contributed by atoms with Crippen LogP contribution in [0.5, 0.6) is 0 Å². The molecule has 120 valence electrons. The average Bonchev–Trinajstić information content (AvgIpc) is 2.61. The number of nitrogens with one attached hydrogen (secondary N) is 1. The van der Waals surface area contributed by atoms with Gasteiger partial charge < -0.3 is 10.1 Å². The molecule has 1 heterocycles. The van der Waals surface area contributed by atoms with Crippen LogP contribution in [-0.2, 0) is 4.74 Å². The summed E-state index contributed by atoms with van der Waals surface area (Å²) in [7, 11) is 1.20. The van der Waals surface area contributed by atoms with Crippen molar-refractivity contribution in [1.29, 1.82) is 0 Å². The molecule has 1 N–H and O–H groups in total. The van der Waals surface area contributed by atoms with Crippen molar-refractivity contribution < 1.29 is 18.7 Å². The molecule has 0 saturated heterocycles. The second-order valence-electron chi connectivity index (χ2n) is 5.02. The molecule has 0 bridgehead atoms. The number of ether oxygens (including phenoxy) is 1. The second kappa shape index (κ2) is 6.45. The van der Waals surface area contributed by atoms with Crippen LogP contribution in [0.3, 0.4) is 0 Å². The number of carbonyl (C=O) groups is 2. The number of aromatic nitrogens is 1. The summed E-state index contributed by atoms with van der Waals surface area (Å²) in [6, 6.07) is 12.5. The van der Waals surface area contributed by atoms with Crippen LogP contribution in [0.4, 0.5) is 10.1 Å². The maximum absolute atomic E-state index is 14.1. The van der Waals surface area contributed by atoms with Gasteiger partial charge in [-0.05, 0) is 30.3 Å². The number of nitrogens with zero attached hydrogens (tertiary/aromatic N) is 1. The largest absolute Gasteiger partial charge is 0.465 e. The Hall–Kier alpha value is -3.28. The summed E-state index contributed by atoms with van der Waals surface area (Å²) in [5.41, 5.74) is 0.962. The number of benzene rings is 2. The number of esters is 1. The van der Waals surface area contributed by atoms with Crippen LogP contribution in [0.2, 0.25) is 0 Å². The van der Waals surface area contributed by atoms with Crippen LogP contribution >= 0.6 is 0 Å². The van der Waals surface area contributed by atoms with Crippen molar-refractivity contribution in [3.63, 3.8) is 0 Å². The first-order valence-corrected chi connectivity index (χ1v) is 7.13. The van der Waals surface area contributed by atoms with Gasteiger partial charge in [-0.3, -0.25) is 9.78 Å². The Morgan fingerprint density at radius 2 is 1.92 bits per heavy atom. The van der Waals surface area contributed by atoms with Crippen molar-refractivity contribution in [3.8, 4) is 0 Å². The Labute approximate surface area is 137 Å². The van der Waals surface area contributed by atoms with Crippen molar-refractivity contribution in [1.82, 2.24) is 4.98 Å². The van der Waals surface area contributed by atoms with E-state index in [2.05, 4.69) is 15.0 Å². The van der Waals surface area contributed by atoms with Gasteiger partial charge in [-0.1, -0.05) is 18.2 Å². The molecule has 5 nitrogen and oxygen atoms in total. The van der Waals surface area contributed by atoms with Crippen molar-refractivity contribution in [3.05, 3.63) is 71.7 Å². The van der Waals surface area contributed by atoms with E-state index in [1.807, 2.05) is 12.1 Å². The highest BCUT2D eigenvalue weighted by atomic mass is 19.1. The molecule has 1 aromatic heterocycles. The minimum Gasteiger partial charge on any atom is -0.465 e. The molecule has 24 heavy (non-hydrogen) atoms. The summed E-state index contributed by atoms with van der Waals surface area (Å²) in [5.74, 6) is -2.09. The van der Waals surface area contributed by atoms with Crippen LogP contribution in [0.1, 0.15) is 20.7 Å². The maximum Gasteiger partial charge on any atom is 0.337 e. The molecule has 0 fully saturated rings. The lowest BCUT2D eigenvalue weighted by molar-refractivity contribution is 0.0599. The van der Waals surface area contributed by atoms with Crippen molar-refractivity contribution in [2.45, 2.75) is 0 Å². The van der Waals surface area contributed by atoms with Crippen molar-refractivity contribution in [2.24, 2.45) is 0 Å². The summed E-state index contributed by atoms with van der Waals surface area (Å²) < 4.78 is 18.7. The van der Waals surface area contributed by atoms with Gasteiger partial charge in [0.15, 0.2) is 0 Å². The molecule has 3 aromatic rings. The van der Waals surface area contributed by atoms with Gasteiger partial charge >= 0.3 is 5.97 Å². The van der Waals surface area contributed by atoms with Crippen LogP contribution in [0.25, 0.3) is 10.9 Å². The Kier molecular flexibility index (Phi) is 4.20. The van der Waals surface area contributed by atoms with Gasteiger partial charge in [0.25, 0.3) is 5.91 Å². The molecule has 6 heteroatoms. The lowest BCUT2D eigenvalue weighted by atomic mass is 10.1. The van der Waals surface area contributed by atoms with E-state index in [0.717, 1.165) is 11.5 Å². The third kappa shape index (κ3) is 2.94. The van der Waals surface area contributed by atoms with E-state index in [-0.39, 0.29) is 11.1 Å². The van der Waals surface area contributed by atoms with Crippen LogP contribution in [0, 0.1) is 5.82 Å². The zero-order chi connectivity index (χ0) is 17.1. The molecule has 2 aromatic carbocycles. The monoisotopic (exact) mass is 324 g/mol. The van der Waals surface area contributed by atoms with Gasteiger partial charge in [0, 0.05) is 11.6 Å². The van der Waals surface area contributed by atoms with Gasteiger partial charge in [0.2, 0.25) is 0 Å². The van der Waals surface area contributed by atoms with Crippen LogP contribution in [-0.4, -0.2) is 24.0 Å². The first-order valence-electron chi connectivity index (χ1n) is 7.13. The molecule has 1 amide bonds. The lowest BCUT2D eigenvalue weighted by Crippen LogP contribution is -2.15. The zero-order valence-corrected chi connectivity index (χ0v) is 12.7. The number of hydrogen-bond acceptors (Lipinski definition) is 4. The highest BCUT2D eigenvalue weighted by Crippen LogP contribution is 2.22. The lowest BCUT2D eigenvalue weighted by Gasteiger charge is -2.09. The summed E-state index contributed by atoms with van der Waals surface area (Å²) in [6.45, 7) is 0. The fourth-order valence-electron chi connectivity index (χ4n) is 2.34. The number of anilines is 1. The molecule has 0 saturated carbocycles. The number of amides is 1. The summed E-state index contributed by atoms with van der Waals surface area (Å²) in [5, 5.41) is 3.51. The molecule has 0 atom stereocenters. The van der Waals surface area contributed by atoms with E-state index in [0.29, 0.717) is 11.2 Å². The Morgan fingerprint density at radius 3 is 2.67 bits per heavy atom. The number of carbonyl (C=O) groups excluding carboxylic acids is 2. The summed E-state index contributed by atoms with van der Waals surface area (Å²) >= 11 is 0. The Bertz CT molecular complexity index is 935. The number of halogens is 1. The van der Waals surface area contributed by atoms with E-state index in [4.69, 9.17) is 0 Å². The number of rotatable bonds is 3. The quantitative estimate of drug-likeness (QED) is 0.750. The summed E-state index contributed by atoms with van der Waals surface area (Å²) in [4.78, 5) is 27.9. The average molecular weight is 324 g/mol. The van der Waals surface area contributed by atoms with Crippen LogP contribution in [0.15, 0.2) is 54.7 Å². The molecule has 0 spiro atoms. The molecule has 0 aliphatic carbocycles. The predicted molar refractivity (Wildman–Crippen MR) is 87.4 cm³/mol. The molecule has 3 rings (SSSR count). The SMILES string of the molecule is COC(=O)c1ccc(C(=O)Nc2cccc3cccnc23)c(F)c1. The zero-order valence-electron chi connectivity index (χ0n) is 12.7. The van der Waals surface area contributed by atoms with Gasteiger partial charge in [-0.25, -0.2) is 9.18 Å². The van der Waals surface area contributed by atoms with Gasteiger partial charge in [-0.2, -0.15) is 0 Å². The topological polar surface area (TPSA) is 68.3 Å². The number of hydrogen-bond donors (Lipinski definition) is 1. The Morgan fingerprint density at radius 1 is 1.12 bits per heavy atom. The van der Waals surface area contributed by atoms with Crippen molar-refractivity contribution >= 4 is 28.5 Å². The Balaban J connectivity index is 1.91. The van der Waals surface area contributed by atoms with E-state index < -0.39 is 17.7 Å². The minimum atomic E-state index is -0.802. The van der Waals surface area contributed by atoms with Gasteiger partial charge in [0.05, 0.1) is 29.4 Å². The summed E-state index contributed by atoms with van der Waals surface area (Å²) in [6.07, 6.45) is 1.61. The first-order chi connectivity index (χ1) is 11.6. The third-order valence-corrected chi connectivity index (χ3v) is 3.52. The fourth-order valence-corrected chi connectivity index (χ4v) is 2.34. The molecular weight excluding hydrogens is 311 g/mol. The third-order valence-electron chi connectivity index (χ3n) is 3.52. The van der Waals surface area contributed by atoms with Crippen molar-refractivity contribution in [2.75, 3.05) is 12.4 Å². The number of methoxy groups -OCH3 is 1. The van der Waals surface area contributed by atoms with Gasteiger partial charge in [-0.15, -0.1) is 0 Å². The van der Waals surface area contributed by atoms with E-state index in [9.17, 15) is 14.0 Å². The smallest absolute Gasteiger partial charge is 0.337 e. The second-order valence-corrected chi connectivity index (χ2v) is 5.02. The molecule has 0 aliphatic rings. The highest BCUT2D eigenvalue weighted by Gasteiger charge is 2.16. The number of fused-ring (bicyclic) bond motifs is 1.